The van der Waals surface area contributed by atoms with Gasteiger partial charge in [0.2, 0.25) is 0 Å². The maximum atomic E-state index is 13.8. The predicted octanol–water partition coefficient (Wildman–Crippen LogP) is 3.13. The lowest BCUT2D eigenvalue weighted by Crippen LogP contribution is -2.45. The van der Waals surface area contributed by atoms with E-state index in [0.717, 1.165) is 32.1 Å². The summed E-state index contributed by atoms with van der Waals surface area (Å²) in [5.74, 6) is -0.258. The number of hydrogen-bond acceptors (Lipinski definition) is 2. The highest BCUT2D eigenvalue weighted by molar-refractivity contribution is 5.85. The van der Waals surface area contributed by atoms with Gasteiger partial charge in [-0.05, 0) is 38.3 Å². The third-order valence-corrected chi connectivity index (χ3v) is 4.65. The second kappa shape index (κ2) is 6.37. The van der Waals surface area contributed by atoms with Crippen LogP contribution in [-0.4, -0.2) is 30.6 Å². The number of rotatable bonds is 2. The number of piperidine rings is 1. The first-order valence-corrected chi connectivity index (χ1v) is 7.07. The Kier molecular flexibility index (Phi) is 4.99. The van der Waals surface area contributed by atoms with Gasteiger partial charge in [-0.3, -0.25) is 4.90 Å². The van der Waals surface area contributed by atoms with Crippen LogP contribution in [0.25, 0.3) is 0 Å². The molecular weight excluding hydrogens is 282 g/mol. The zero-order valence-corrected chi connectivity index (χ0v) is 12.4. The molecular formula is C15H21ClF2N2. The van der Waals surface area contributed by atoms with Crippen molar-refractivity contribution in [3.05, 3.63) is 35.4 Å². The smallest absolute Gasteiger partial charge is 0.130 e. The minimum atomic E-state index is -0.507. The molecule has 5 heteroatoms. The van der Waals surface area contributed by atoms with E-state index in [1.807, 2.05) is 6.92 Å². The summed E-state index contributed by atoms with van der Waals surface area (Å²) in [6.45, 7) is 5.10. The fourth-order valence-electron chi connectivity index (χ4n) is 3.46. The summed E-state index contributed by atoms with van der Waals surface area (Å²) < 4.78 is 26.8. The Morgan fingerprint density at radius 1 is 1.30 bits per heavy atom. The average Bonchev–Trinajstić information content (AvgIpc) is 2.85. The second-order valence-corrected chi connectivity index (χ2v) is 5.73. The van der Waals surface area contributed by atoms with Gasteiger partial charge < -0.3 is 5.32 Å². The van der Waals surface area contributed by atoms with Crippen molar-refractivity contribution in [3.8, 4) is 0 Å². The normalized spacial score (nSPS) is 27.8. The van der Waals surface area contributed by atoms with E-state index in [-0.39, 0.29) is 18.4 Å². The molecule has 0 amide bonds. The molecule has 0 spiro atoms. The first-order chi connectivity index (χ1) is 9.15. The molecule has 0 bridgehead atoms. The minimum Gasteiger partial charge on any atom is -0.314 e. The van der Waals surface area contributed by atoms with Crippen LogP contribution < -0.4 is 5.32 Å². The number of likely N-dealkylation sites (tertiary alicyclic amines) is 1. The van der Waals surface area contributed by atoms with Gasteiger partial charge in [-0.2, -0.15) is 0 Å². The standard InChI is InChI=1S/C15H20F2N2.ClH/c1-10(13-3-2-12(16)8-14(13)17)19-7-5-15-11(9-19)4-6-18-15;/h2-3,8,10-11,15,18H,4-7,9H2,1H3;1H. The lowest BCUT2D eigenvalue weighted by Gasteiger charge is -2.38. The third-order valence-electron chi connectivity index (χ3n) is 4.65. The minimum absolute atomic E-state index is 0. The van der Waals surface area contributed by atoms with E-state index in [1.54, 1.807) is 6.07 Å². The highest BCUT2D eigenvalue weighted by Crippen LogP contribution is 2.31. The molecule has 3 unspecified atom stereocenters. The molecule has 112 valence electrons. The van der Waals surface area contributed by atoms with Gasteiger partial charge in [-0.15, -0.1) is 12.4 Å². The summed E-state index contributed by atoms with van der Waals surface area (Å²) in [7, 11) is 0. The van der Waals surface area contributed by atoms with Crippen LogP contribution in [0, 0.1) is 17.6 Å². The first kappa shape index (κ1) is 15.7. The number of benzene rings is 1. The summed E-state index contributed by atoms with van der Waals surface area (Å²) in [6, 6.07) is 4.56. The number of fused-ring (bicyclic) bond motifs is 1. The quantitative estimate of drug-likeness (QED) is 0.903. The van der Waals surface area contributed by atoms with Crippen molar-refractivity contribution in [1.29, 1.82) is 0 Å². The zero-order chi connectivity index (χ0) is 13.4. The van der Waals surface area contributed by atoms with Gasteiger partial charge in [-0.1, -0.05) is 6.07 Å². The molecule has 20 heavy (non-hydrogen) atoms. The van der Waals surface area contributed by atoms with E-state index in [1.165, 1.54) is 12.5 Å². The van der Waals surface area contributed by atoms with Crippen molar-refractivity contribution in [1.82, 2.24) is 10.2 Å². The van der Waals surface area contributed by atoms with Crippen molar-refractivity contribution < 1.29 is 8.78 Å². The highest BCUT2D eigenvalue weighted by Gasteiger charge is 2.34. The van der Waals surface area contributed by atoms with Crippen LogP contribution >= 0.6 is 12.4 Å². The predicted molar refractivity (Wildman–Crippen MR) is 78.1 cm³/mol. The maximum absolute atomic E-state index is 13.8. The Labute approximate surface area is 124 Å². The molecule has 0 aromatic heterocycles. The zero-order valence-electron chi connectivity index (χ0n) is 11.6. The molecule has 2 aliphatic heterocycles. The van der Waals surface area contributed by atoms with Crippen LogP contribution in [0.1, 0.15) is 31.4 Å². The van der Waals surface area contributed by atoms with Crippen LogP contribution in [0.3, 0.4) is 0 Å². The molecule has 0 aliphatic carbocycles. The lowest BCUT2D eigenvalue weighted by atomic mass is 9.91. The molecule has 2 saturated heterocycles. The molecule has 0 radical (unpaired) electrons. The molecule has 2 fully saturated rings. The fourth-order valence-corrected chi connectivity index (χ4v) is 3.46. The first-order valence-electron chi connectivity index (χ1n) is 7.07. The summed E-state index contributed by atoms with van der Waals surface area (Å²) in [4.78, 5) is 2.32. The van der Waals surface area contributed by atoms with Crippen LogP contribution in [0.2, 0.25) is 0 Å². The molecule has 2 aliphatic rings. The Morgan fingerprint density at radius 2 is 2.10 bits per heavy atom. The van der Waals surface area contributed by atoms with E-state index in [2.05, 4.69) is 10.2 Å². The molecule has 2 nitrogen and oxygen atoms in total. The summed E-state index contributed by atoms with van der Waals surface area (Å²) in [5.41, 5.74) is 0.603. The van der Waals surface area contributed by atoms with Gasteiger partial charge >= 0.3 is 0 Å². The summed E-state index contributed by atoms with van der Waals surface area (Å²) in [6.07, 6.45) is 2.33. The van der Waals surface area contributed by atoms with Crippen LogP contribution in [-0.2, 0) is 0 Å². The van der Waals surface area contributed by atoms with E-state index in [4.69, 9.17) is 0 Å². The molecule has 2 heterocycles. The van der Waals surface area contributed by atoms with E-state index < -0.39 is 11.6 Å². The van der Waals surface area contributed by atoms with Crippen molar-refractivity contribution in [2.45, 2.75) is 31.8 Å². The Morgan fingerprint density at radius 3 is 2.85 bits per heavy atom. The van der Waals surface area contributed by atoms with Crippen molar-refractivity contribution in [2.24, 2.45) is 5.92 Å². The number of hydrogen-bond donors (Lipinski definition) is 1. The van der Waals surface area contributed by atoms with Gasteiger partial charge in [0.05, 0.1) is 0 Å². The SMILES string of the molecule is CC(c1ccc(F)cc1F)N1CCC2NCCC2C1.Cl. The fraction of sp³-hybridized carbons (Fsp3) is 0.600. The van der Waals surface area contributed by atoms with Gasteiger partial charge in [0.25, 0.3) is 0 Å². The average molecular weight is 303 g/mol. The monoisotopic (exact) mass is 302 g/mol. The Hall–Kier alpha value is -0.710. The van der Waals surface area contributed by atoms with Crippen LogP contribution in [0.4, 0.5) is 8.78 Å². The van der Waals surface area contributed by atoms with E-state index >= 15 is 0 Å². The molecule has 1 aromatic rings. The molecule has 3 rings (SSSR count). The number of nitrogens with zero attached hydrogens (tertiary/aromatic N) is 1. The topological polar surface area (TPSA) is 15.3 Å². The molecule has 1 aromatic carbocycles. The van der Waals surface area contributed by atoms with E-state index in [0.29, 0.717) is 17.5 Å². The lowest BCUT2D eigenvalue weighted by molar-refractivity contribution is 0.120. The Balaban J connectivity index is 0.00000147. The highest BCUT2D eigenvalue weighted by atomic mass is 35.5. The molecule has 0 saturated carbocycles. The Bertz CT molecular complexity index is 469. The summed E-state index contributed by atoms with van der Waals surface area (Å²) >= 11 is 0. The van der Waals surface area contributed by atoms with Crippen molar-refractivity contribution >= 4 is 12.4 Å². The van der Waals surface area contributed by atoms with Gasteiger partial charge in [-0.25, -0.2) is 8.78 Å². The molecule has 3 atom stereocenters. The second-order valence-electron chi connectivity index (χ2n) is 5.73. The maximum Gasteiger partial charge on any atom is 0.130 e. The van der Waals surface area contributed by atoms with Crippen molar-refractivity contribution in [2.75, 3.05) is 19.6 Å². The van der Waals surface area contributed by atoms with Gasteiger partial charge in [0.1, 0.15) is 11.6 Å². The van der Waals surface area contributed by atoms with Crippen molar-refractivity contribution in [3.63, 3.8) is 0 Å². The van der Waals surface area contributed by atoms with Gasteiger partial charge in [0.15, 0.2) is 0 Å². The third kappa shape index (κ3) is 2.97. The van der Waals surface area contributed by atoms with E-state index in [9.17, 15) is 8.78 Å². The largest absolute Gasteiger partial charge is 0.314 e. The summed E-state index contributed by atoms with van der Waals surface area (Å²) in [5, 5.41) is 3.53. The number of halogens is 3. The van der Waals surface area contributed by atoms with Crippen LogP contribution in [0.15, 0.2) is 18.2 Å². The van der Waals surface area contributed by atoms with Gasteiger partial charge in [0, 0.05) is 36.8 Å². The number of nitrogens with one attached hydrogen (secondary N) is 1. The molecule has 1 N–H and O–H groups in total. The van der Waals surface area contributed by atoms with Crippen LogP contribution in [0.5, 0.6) is 0 Å².